The topological polar surface area (TPSA) is 70.2 Å². The SMILES string of the molecule is O=C(N[C@@H](CCCCN[C@@H]1C[C@H]1c1ccccc1)C(=O)NCc1ccccc1)c1ccc(-c2ccccc2)cc1. The van der Waals surface area contributed by atoms with E-state index in [9.17, 15) is 9.59 Å². The van der Waals surface area contributed by atoms with Gasteiger partial charge in [-0.15, -0.1) is 0 Å². The van der Waals surface area contributed by atoms with E-state index in [1.165, 1.54) is 12.0 Å². The Labute approximate surface area is 237 Å². The Bertz CT molecular complexity index is 1360. The molecule has 1 fully saturated rings. The molecule has 4 aromatic rings. The number of rotatable bonds is 13. The van der Waals surface area contributed by atoms with Crippen LogP contribution in [-0.2, 0) is 11.3 Å². The van der Waals surface area contributed by atoms with Crippen LogP contribution in [0.3, 0.4) is 0 Å². The normalized spacial score (nSPS) is 16.6. The van der Waals surface area contributed by atoms with Gasteiger partial charge in [-0.05, 0) is 66.6 Å². The highest BCUT2D eigenvalue weighted by Gasteiger charge is 2.37. The van der Waals surface area contributed by atoms with Crippen LogP contribution >= 0.6 is 0 Å². The van der Waals surface area contributed by atoms with Crippen molar-refractivity contribution in [3.8, 4) is 11.1 Å². The van der Waals surface area contributed by atoms with Gasteiger partial charge in [0.2, 0.25) is 5.91 Å². The van der Waals surface area contributed by atoms with Crippen LogP contribution in [0.1, 0.15) is 53.1 Å². The lowest BCUT2D eigenvalue weighted by molar-refractivity contribution is -0.123. The minimum Gasteiger partial charge on any atom is -0.350 e. The molecule has 5 nitrogen and oxygen atoms in total. The number of carbonyl (C=O) groups is 2. The molecule has 0 saturated heterocycles. The van der Waals surface area contributed by atoms with Crippen LogP contribution in [0.4, 0.5) is 0 Å². The van der Waals surface area contributed by atoms with E-state index in [0.29, 0.717) is 30.5 Å². The Morgan fingerprint density at radius 1 is 0.725 bits per heavy atom. The first-order chi connectivity index (χ1) is 19.7. The summed E-state index contributed by atoms with van der Waals surface area (Å²) in [4.78, 5) is 26.3. The fraction of sp³-hybridized carbons (Fsp3) is 0.257. The summed E-state index contributed by atoms with van der Waals surface area (Å²) in [7, 11) is 0. The molecule has 4 aromatic carbocycles. The van der Waals surface area contributed by atoms with Crippen molar-refractivity contribution < 1.29 is 9.59 Å². The molecule has 40 heavy (non-hydrogen) atoms. The molecule has 3 atom stereocenters. The zero-order valence-electron chi connectivity index (χ0n) is 22.8. The maximum Gasteiger partial charge on any atom is 0.251 e. The van der Waals surface area contributed by atoms with E-state index < -0.39 is 6.04 Å². The van der Waals surface area contributed by atoms with Gasteiger partial charge in [0.1, 0.15) is 6.04 Å². The summed E-state index contributed by atoms with van der Waals surface area (Å²) >= 11 is 0. The second-order valence-electron chi connectivity index (χ2n) is 10.5. The molecule has 1 aliphatic carbocycles. The third kappa shape index (κ3) is 7.67. The maximum atomic E-state index is 13.2. The number of nitrogens with one attached hydrogen (secondary N) is 3. The van der Waals surface area contributed by atoms with E-state index in [0.717, 1.165) is 36.1 Å². The molecule has 3 N–H and O–H groups in total. The first-order valence-electron chi connectivity index (χ1n) is 14.2. The van der Waals surface area contributed by atoms with Crippen molar-refractivity contribution in [2.45, 2.75) is 50.2 Å². The number of hydrogen-bond donors (Lipinski definition) is 3. The number of hydrogen-bond acceptors (Lipinski definition) is 3. The molecule has 0 aromatic heterocycles. The highest BCUT2D eigenvalue weighted by Crippen LogP contribution is 2.40. The van der Waals surface area contributed by atoms with Gasteiger partial charge < -0.3 is 16.0 Å². The second kappa shape index (κ2) is 13.7. The molecule has 2 amide bonds. The number of amides is 2. The molecule has 0 unspecified atom stereocenters. The summed E-state index contributed by atoms with van der Waals surface area (Å²) in [5, 5.41) is 9.66. The lowest BCUT2D eigenvalue weighted by Gasteiger charge is -2.19. The monoisotopic (exact) mass is 531 g/mol. The lowest BCUT2D eigenvalue weighted by Crippen LogP contribution is -2.46. The smallest absolute Gasteiger partial charge is 0.251 e. The molecule has 5 heteroatoms. The van der Waals surface area contributed by atoms with Crippen LogP contribution in [-0.4, -0.2) is 30.4 Å². The van der Waals surface area contributed by atoms with Crippen molar-refractivity contribution in [2.24, 2.45) is 0 Å². The first-order valence-corrected chi connectivity index (χ1v) is 14.2. The van der Waals surface area contributed by atoms with E-state index in [1.54, 1.807) is 0 Å². The average molecular weight is 532 g/mol. The summed E-state index contributed by atoms with van der Waals surface area (Å²) in [5.41, 5.74) is 5.12. The van der Waals surface area contributed by atoms with Gasteiger partial charge in [0.05, 0.1) is 0 Å². The van der Waals surface area contributed by atoms with Crippen LogP contribution < -0.4 is 16.0 Å². The fourth-order valence-electron chi connectivity index (χ4n) is 5.11. The van der Waals surface area contributed by atoms with Gasteiger partial charge in [0.25, 0.3) is 5.91 Å². The molecular formula is C35H37N3O2. The van der Waals surface area contributed by atoms with Crippen molar-refractivity contribution in [1.82, 2.24) is 16.0 Å². The summed E-state index contributed by atoms with van der Waals surface area (Å²) in [6.45, 7) is 1.34. The van der Waals surface area contributed by atoms with Gasteiger partial charge in [-0.2, -0.15) is 0 Å². The zero-order chi connectivity index (χ0) is 27.6. The van der Waals surface area contributed by atoms with Gasteiger partial charge in [-0.1, -0.05) is 103 Å². The lowest BCUT2D eigenvalue weighted by atomic mass is 10.0. The Balaban J connectivity index is 1.14. The zero-order valence-corrected chi connectivity index (χ0v) is 22.8. The van der Waals surface area contributed by atoms with Gasteiger partial charge in [-0.3, -0.25) is 9.59 Å². The minimum atomic E-state index is -0.594. The van der Waals surface area contributed by atoms with Crippen LogP contribution in [0.15, 0.2) is 115 Å². The minimum absolute atomic E-state index is 0.155. The first kappa shape index (κ1) is 27.4. The standard InChI is InChI=1S/C35H37N3O2/c39-34(30-21-19-28(20-22-30)27-14-6-2-7-15-27)38-32(35(40)37-25-26-12-4-1-5-13-26)18-10-11-23-36-33-24-31(33)29-16-8-3-9-17-29/h1-9,12-17,19-22,31-33,36H,10-11,18,23-25H2,(H,37,40)(H,38,39)/t31-,32-,33+/m0/s1. The molecule has 5 rings (SSSR count). The molecule has 204 valence electrons. The molecule has 0 radical (unpaired) electrons. The largest absolute Gasteiger partial charge is 0.350 e. The van der Waals surface area contributed by atoms with E-state index >= 15 is 0 Å². The third-order valence-electron chi connectivity index (χ3n) is 7.53. The van der Waals surface area contributed by atoms with E-state index in [2.05, 4.69) is 46.3 Å². The van der Waals surface area contributed by atoms with E-state index in [4.69, 9.17) is 0 Å². The van der Waals surface area contributed by atoms with Crippen molar-refractivity contribution in [2.75, 3.05) is 6.54 Å². The van der Waals surface area contributed by atoms with Crippen LogP contribution in [0.5, 0.6) is 0 Å². The summed E-state index contributed by atoms with van der Waals surface area (Å²) < 4.78 is 0. The van der Waals surface area contributed by atoms with Gasteiger partial charge in [0, 0.05) is 24.1 Å². The highest BCUT2D eigenvalue weighted by molar-refractivity contribution is 5.97. The van der Waals surface area contributed by atoms with E-state index in [1.807, 2.05) is 84.9 Å². The Morgan fingerprint density at radius 2 is 1.35 bits per heavy atom. The molecular weight excluding hydrogens is 494 g/mol. The number of unbranched alkanes of at least 4 members (excludes halogenated alkanes) is 1. The summed E-state index contributed by atoms with van der Waals surface area (Å²) in [6.07, 6.45) is 3.55. The van der Waals surface area contributed by atoms with Crippen LogP contribution in [0.25, 0.3) is 11.1 Å². The van der Waals surface area contributed by atoms with Gasteiger partial charge >= 0.3 is 0 Å². The molecule has 1 aliphatic rings. The van der Waals surface area contributed by atoms with Crippen LogP contribution in [0.2, 0.25) is 0 Å². The Morgan fingerprint density at radius 3 is 2.05 bits per heavy atom. The van der Waals surface area contributed by atoms with Crippen molar-refractivity contribution in [3.05, 3.63) is 132 Å². The summed E-state index contributed by atoms with van der Waals surface area (Å²) in [6, 6.07) is 38.0. The third-order valence-corrected chi connectivity index (χ3v) is 7.53. The highest BCUT2D eigenvalue weighted by atomic mass is 16.2. The fourth-order valence-corrected chi connectivity index (χ4v) is 5.11. The molecule has 0 bridgehead atoms. The molecule has 0 heterocycles. The van der Waals surface area contributed by atoms with Crippen LogP contribution in [0, 0.1) is 0 Å². The predicted molar refractivity (Wildman–Crippen MR) is 161 cm³/mol. The Kier molecular flexibility index (Phi) is 9.38. The molecule has 0 spiro atoms. The quantitative estimate of drug-likeness (QED) is 0.183. The Hall–Kier alpha value is -4.22. The van der Waals surface area contributed by atoms with Crippen molar-refractivity contribution in [1.29, 1.82) is 0 Å². The summed E-state index contributed by atoms with van der Waals surface area (Å²) in [5.74, 6) is 0.212. The molecule has 0 aliphatic heterocycles. The van der Waals surface area contributed by atoms with Crippen molar-refractivity contribution >= 4 is 11.8 Å². The maximum absolute atomic E-state index is 13.2. The second-order valence-corrected chi connectivity index (χ2v) is 10.5. The predicted octanol–water partition coefficient (Wildman–Crippen LogP) is 6.08. The average Bonchev–Trinajstić information content (AvgIpc) is 3.80. The van der Waals surface area contributed by atoms with Gasteiger partial charge in [0.15, 0.2) is 0 Å². The van der Waals surface area contributed by atoms with Crippen molar-refractivity contribution in [3.63, 3.8) is 0 Å². The van der Waals surface area contributed by atoms with E-state index in [-0.39, 0.29) is 11.8 Å². The molecule has 1 saturated carbocycles. The van der Waals surface area contributed by atoms with Gasteiger partial charge in [-0.25, -0.2) is 0 Å². The number of benzene rings is 4. The number of carbonyl (C=O) groups excluding carboxylic acids is 2.